The third-order valence-electron chi connectivity index (χ3n) is 3.92. The van der Waals surface area contributed by atoms with E-state index in [9.17, 15) is 0 Å². The molecule has 98 valence electrons. The van der Waals surface area contributed by atoms with E-state index >= 15 is 0 Å². The Morgan fingerprint density at radius 3 is 2.75 bits per heavy atom. The monoisotopic (exact) mass is 260 g/mol. The molecular weight excluding hydrogens is 244 g/mol. The fourth-order valence-corrected chi connectivity index (χ4v) is 2.83. The fraction of sp³-hybridized carbons (Fsp3) is 0.111. The van der Waals surface area contributed by atoms with Crippen molar-refractivity contribution in [2.75, 3.05) is 5.32 Å². The van der Waals surface area contributed by atoms with E-state index in [4.69, 9.17) is 0 Å². The maximum Gasteiger partial charge on any atom is 0.0848 e. The van der Waals surface area contributed by atoms with Crippen molar-refractivity contribution < 1.29 is 0 Å². The second-order valence-electron chi connectivity index (χ2n) is 5.22. The molecular formula is C18H16N2. The lowest BCUT2D eigenvalue weighted by atomic mass is 9.95. The van der Waals surface area contributed by atoms with E-state index in [0.29, 0.717) is 6.04 Å². The van der Waals surface area contributed by atoms with Gasteiger partial charge in [-0.1, -0.05) is 60.7 Å². The first-order chi connectivity index (χ1) is 9.90. The number of fused-ring (bicyclic) bond motifs is 2. The number of benzene rings is 1. The van der Waals surface area contributed by atoms with Crippen molar-refractivity contribution in [2.45, 2.75) is 12.1 Å². The topological polar surface area (TPSA) is 24.1 Å². The number of anilines is 1. The van der Waals surface area contributed by atoms with Crippen LogP contribution in [-0.2, 0) is 0 Å². The largest absolute Gasteiger partial charge is 0.376 e. The second kappa shape index (κ2) is 4.57. The minimum atomic E-state index is 0.210. The van der Waals surface area contributed by atoms with Gasteiger partial charge in [0.25, 0.3) is 0 Å². The zero-order valence-corrected chi connectivity index (χ0v) is 11.1. The Balaban J connectivity index is 1.62. The summed E-state index contributed by atoms with van der Waals surface area (Å²) in [6.07, 6.45) is 17.3. The van der Waals surface area contributed by atoms with Crippen LogP contribution < -0.4 is 10.6 Å². The van der Waals surface area contributed by atoms with Crippen LogP contribution in [0.1, 0.15) is 5.56 Å². The van der Waals surface area contributed by atoms with E-state index in [1.807, 2.05) is 0 Å². The average molecular weight is 260 g/mol. The van der Waals surface area contributed by atoms with E-state index < -0.39 is 0 Å². The molecule has 0 amide bonds. The van der Waals surface area contributed by atoms with Gasteiger partial charge in [-0.25, -0.2) is 0 Å². The first-order valence-electron chi connectivity index (χ1n) is 6.97. The van der Waals surface area contributed by atoms with Crippen LogP contribution in [0.3, 0.4) is 0 Å². The number of hydrogen-bond donors (Lipinski definition) is 2. The summed E-state index contributed by atoms with van der Waals surface area (Å²) < 4.78 is 0. The van der Waals surface area contributed by atoms with Crippen molar-refractivity contribution in [3.8, 4) is 0 Å². The molecule has 0 radical (unpaired) electrons. The molecule has 0 aromatic heterocycles. The van der Waals surface area contributed by atoms with Crippen LogP contribution in [-0.4, -0.2) is 12.1 Å². The van der Waals surface area contributed by atoms with E-state index in [2.05, 4.69) is 83.5 Å². The molecule has 3 aliphatic rings. The Kier molecular flexibility index (Phi) is 2.59. The zero-order valence-electron chi connectivity index (χ0n) is 11.1. The van der Waals surface area contributed by atoms with E-state index in [0.717, 1.165) is 0 Å². The lowest BCUT2D eigenvalue weighted by molar-refractivity contribution is 0.707. The predicted octanol–water partition coefficient (Wildman–Crippen LogP) is 3.40. The first kappa shape index (κ1) is 11.4. The number of rotatable bonds is 1. The predicted molar refractivity (Wildman–Crippen MR) is 84.3 cm³/mol. The quantitative estimate of drug-likeness (QED) is 0.808. The number of hydrogen-bond acceptors (Lipinski definition) is 2. The SMILES string of the molecule is C1=CC2=CC=C(C3C=Cc4ccccc4N3)NC2C=C1. The normalized spacial score (nSPS) is 25.8. The van der Waals surface area contributed by atoms with Crippen LogP contribution in [0, 0.1) is 0 Å². The molecule has 1 aliphatic carbocycles. The van der Waals surface area contributed by atoms with Crippen LogP contribution in [0.4, 0.5) is 5.69 Å². The van der Waals surface area contributed by atoms with E-state index in [1.54, 1.807) is 0 Å². The Morgan fingerprint density at radius 1 is 0.800 bits per heavy atom. The highest BCUT2D eigenvalue weighted by Crippen LogP contribution is 2.26. The van der Waals surface area contributed by atoms with E-state index in [-0.39, 0.29) is 6.04 Å². The van der Waals surface area contributed by atoms with Crippen molar-refractivity contribution in [3.63, 3.8) is 0 Å². The number of nitrogens with one attached hydrogen (secondary N) is 2. The summed E-state index contributed by atoms with van der Waals surface area (Å²) in [5.74, 6) is 0. The zero-order chi connectivity index (χ0) is 13.4. The summed E-state index contributed by atoms with van der Waals surface area (Å²) in [5.41, 5.74) is 4.97. The Bertz CT molecular complexity index is 689. The third-order valence-corrected chi connectivity index (χ3v) is 3.92. The van der Waals surface area contributed by atoms with Crippen molar-refractivity contribution in [1.29, 1.82) is 0 Å². The number of para-hydroxylation sites is 1. The highest BCUT2D eigenvalue weighted by molar-refractivity contribution is 5.72. The molecule has 0 saturated carbocycles. The van der Waals surface area contributed by atoms with Crippen LogP contribution in [0.15, 0.2) is 78.1 Å². The van der Waals surface area contributed by atoms with Crippen LogP contribution >= 0.6 is 0 Å². The van der Waals surface area contributed by atoms with Gasteiger partial charge in [-0.3, -0.25) is 0 Å². The maximum atomic E-state index is 3.60. The van der Waals surface area contributed by atoms with Crippen LogP contribution in [0.5, 0.6) is 0 Å². The van der Waals surface area contributed by atoms with Gasteiger partial charge in [-0.2, -0.15) is 0 Å². The summed E-state index contributed by atoms with van der Waals surface area (Å²) in [5, 5.41) is 7.17. The van der Waals surface area contributed by atoms with Crippen molar-refractivity contribution in [1.82, 2.24) is 5.32 Å². The third kappa shape index (κ3) is 1.90. The molecule has 2 N–H and O–H groups in total. The summed E-state index contributed by atoms with van der Waals surface area (Å²) >= 11 is 0. The van der Waals surface area contributed by atoms with Gasteiger partial charge >= 0.3 is 0 Å². The summed E-state index contributed by atoms with van der Waals surface area (Å²) in [4.78, 5) is 0. The van der Waals surface area contributed by atoms with Crippen LogP contribution in [0.25, 0.3) is 6.08 Å². The van der Waals surface area contributed by atoms with Crippen molar-refractivity contribution in [2.24, 2.45) is 0 Å². The van der Waals surface area contributed by atoms with Gasteiger partial charge in [-0.15, -0.1) is 0 Å². The van der Waals surface area contributed by atoms with Gasteiger partial charge < -0.3 is 10.6 Å². The molecule has 2 atom stereocenters. The minimum Gasteiger partial charge on any atom is -0.376 e. The molecule has 2 heteroatoms. The smallest absolute Gasteiger partial charge is 0.0848 e. The molecule has 2 heterocycles. The first-order valence-corrected chi connectivity index (χ1v) is 6.97. The molecule has 2 nitrogen and oxygen atoms in total. The highest BCUT2D eigenvalue weighted by atomic mass is 15.0. The molecule has 0 fully saturated rings. The van der Waals surface area contributed by atoms with Gasteiger partial charge in [0.05, 0.1) is 12.1 Å². The lowest BCUT2D eigenvalue weighted by Crippen LogP contribution is -2.38. The summed E-state index contributed by atoms with van der Waals surface area (Å²) in [6.45, 7) is 0. The molecule has 2 aliphatic heterocycles. The fourth-order valence-electron chi connectivity index (χ4n) is 2.83. The lowest BCUT2D eigenvalue weighted by Gasteiger charge is -2.31. The number of allylic oxidation sites excluding steroid dienone is 4. The summed E-state index contributed by atoms with van der Waals surface area (Å²) in [6, 6.07) is 8.90. The maximum absolute atomic E-state index is 3.60. The molecule has 2 unspecified atom stereocenters. The Hall–Kier alpha value is -2.48. The van der Waals surface area contributed by atoms with E-state index in [1.165, 1.54) is 22.5 Å². The standard InChI is InChI=1S/C18H16N2/c1-3-7-15-13(5-1)9-11-17(19-15)18-12-10-14-6-2-4-8-16(14)20-18/h1-12,15,18-20H. The minimum absolute atomic E-state index is 0.210. The molecule has 0 spiro atoms. The molecule has 4 rings (SSSR count). The molecule has 1 aromatic rings. The van der Waals surface area contributed by atoms with Crippen LogP contribution in [0.2, 0.25) is 0 Å². The van der Waals surface area contributed by atoms with Gasteiger partial charge in [0.2, 0.25) is 0 Å². The van der Waals surface area contributed by atoms with Crippen molar-refractivity contribution >= 4 is 11.8 Å². The average Bonchev–Trinajstić information content (AvgIpc) is 2.54. The van der Waals surface area contributed by atoms with Gasteiger partial charge in [0.1, 0.15) is 0 Å². The van der Waals surface area contributed by atoms with Gasteiger partial charge in [0, 0.05) is 11.4 Å². The Morgan fingerprint density at radius 2 is 1.75 bits per heavy atom. The molecule has 1 aromatic carbocycles. The molecule has 20 heavy (non-hydrogen) atoms. The summed E-state index contributed by atoms with van der Waals surface area (Å²) in [7, 11) is 0. The molecule has 0 bridgehead atoms. The molecule has 0 saturated heterocycles. The highest BCUT2D eigenvalue weighted by Gasteiger charge is 2.21. The van der Waals surface area contributed by atoms with Gasteiger partial charge in [0.15, 0.2) is 0 Å². The number of dihydropyridines is 1. The van der Waals surface area contributed by atoms with Gasteiger partial charge in [-0.05, 0) is 23.3 Å². The second-order valence-corrected chi connectivity index (χ2v) is 5.22. The van der Waals surface area contributed by atoms with Crippen molar-refractivity contribution in [3.05, 3.63) is 83.6 Å². The Labute approximate surface area is 118 Å².